The van der Waals surface area contributed by atoms with Crippen molar-refractivity contribution in [2.45, 2.75) is 60.5 Å². The van der Waals surface area contributed by atoms with E-state index in [1.54, 1.807) is 36.4 Å². The molecule has 34 heavy (non-hydrogen) atoms. The molecule has 1 amide bonds. The van der Waals surface area contributed by atoms with Gasteiger partial charge >= 0.3 is 0 Å². The van der Waals surface area contributed by atoms with Gasteiger partial charge in [-0.25, -0.2) is 8.42 Å². The molecule has 3 fully saturated rings. The smallest absolute Gasteiger partial charge is 0.237 e. The molecule has 3 N–H and O–H groups in total. The van der Waals surface area contributed by atoms with Crippen molar-refractivity contribution in [3.05, 3.63) is 54.1 Å². The molecule has 8 heteroatoms. The van der Waals surface area contributed by atoms with E-state index >= 15 is 0 Å². The zero-order valence-corrected chi connectivity index (χ0v) is 20.3. The lowest BCUT2D eigenvalue weighted by atomic mass is 9.94. The molecule has 3 heterocycles. The third-order valence-corrected chi connectivity index (χ3v) is 9.19. The molecule has 3 aliphatic rings. The number of benzene rings is 2. The van der Waals surface area contributed by atoms with Gasteiger partial charge in [0.15, 0.2) is 0 Å². The summed E-state index contributed by atoms with van der Waals surface area (Å²) >= 11 is 0. The number of hydrogen-bond acceptors (Lipinski definition) is 6. The van der Waals surface area contributed by atoms with Crippen LogP contribution in [-0.2, 0) is 21.2 Å². The number of nitrogens with zero attached hydrogens (tertiary/aromatic N) is 1. The van der Waals surface area contributed by atoms with Crippen LogP contribution in [0.4, 0.5) is 5.69 Å². The lowest BCUT2D eigenvalue weighted by Gasteiger charge is -2.29. The number of nitrogens with one attached hydrogen (secondary N) is 3. The van der Waals surface area contributed by atoms with Gasteiger partial charge in [-0.3, -0.25) is 4.79 Å². The lowest BCUT2D eigenvalue weighted by molar-refractivity contribution is -0.123. The fourth-order valence-electron chi connectivity index (χ4n) is 5.44. The first kappa shape index (κ1) is 23.3. The number of sulfone groups is 1. The first-order valence-electron chi connectivity index (χ1n) is 12.4. The average Bonchev–Trinajstić information content (AvgIpc) is 3.33. The summed E-state index contributed by atoms with van der Waals surface area (Å²) < 4.78 is 26.5. The number of piperidine rings is 2. The van der Waals surface area contributed by atoms with Crippen LogP contribution in [0.5, 0.6) is 0 Å². The van der Waals surface area contributed by atoms with Gasteiger partial charge in [0.1, 0.15) is 0 Å². The van der Waals surface area contributed by atoms with Crippen LogP contribution < -0.4 is 20.9 Å². The van der Waals surface area contributed by atoms with Crippen LogP contribution in [0, 0.1) is 5.92 Å². The summed E-state index contributed by atoms with van der Waals surface area (Å²) in [6.07, 6.45) is 5.44. The molecule has 3 atom stereocenters. The van der Waals surface area contributed by atoms with Crippen molar-refractivity contribution in [3.63, 3.8) is 0 Å². The van der Waals surface area contributed by atoms with Crippen molar-refractivity contribution >= 4 is 21.4 Å². The fraction of sp³-hybridized carbons (Fsp3) is 0.500. The van der Waals surface area contributed by atoms with Crippen molar-refractivity contribution in [1.82, 2.24) is 16.0 Å². The van der Waals surface area contributed by atoms with Crippen LogP contribution in [0.3, 0.4) is 0 Å². The number of anilines is 1. The zero-order chi connectivity index (χ0) is 23.5. The minimum absolute atomic E-state index is 0.0145. The molecule has 0 saturated carbocycles. The minimum Gasteiger partial charge on any atom is -0.372 e. The third-order valence-electron chi connectivity index (χ3n) is 7.43. The Morgan fingerprint density at radius 3 is 2.59 bits per heavy atom. The lowest BCUT2D eigenvalue weighted by Crippen LogP contribution is -2.45. The summed E-state index contributed by atoms with van der Waals surface area (Å²) in [6, 6.07) is 14.4. The van der Waals surface area contributed by atoms with Gasteiger partial charge in [0.05, 0.1) is 15.8 Å². The molecule has 2 aromatic carbocycles. The van der Waals surface area contributed by atoms with E-state index in [1.807, 2.05) is 12.1 Å². The van der Waals surface area contributed by atoms with Crippen molar-refractivity contribution < 1.29 is 13.2 Å². The normalized spacial score (nSPS) is 25.1. The molecule has 0 spiro atoms. The Labute approximate surface area is 202 Å². The predicted molar refractivity (Wildman–Crippen MR) is 133 cm³/mol. The van der Waals surface area contributed by atoms with E-state index in [-0.39, 0.29) is 16.8 Å². The summed E-state index contributed by atoms with van der Waals surface area (Å²) in [5, 5.41) is 9.88. The summed E-state index contributed by atoms with van der Waals surface area (Å²) in [5.41, 5.74) is 1.85. The van der Waals surface area contributed by atoms with Crippen LogP contribution in [0.15, 0.2) is 58.3 Å². The zero-order valence-electron chi connectivity index (χ0n) is 19.5. The average molecular weight is 483 g/mol. The highest BCUT2D eigenvalue weighted by Gasteiger charge is 2.38. The fourth-order valence-corrected chi connectivity index (χ4v) is 6.74. The number of carbonyl (C=O) groups excluding carboxylic acids is 1. The Morgan fingerprint density at radius 1 is 1.03 bits per heavy atom. The molecule has 5 rings (SSSR count). The van der Waals surface area contributed by atoms with E-state index < -0.39 is 9.84 Å². The highest BCUT2D eigenvalue weighted by molar-refractivity contribution is 7.91. The van der Waals surface area contributed by atoms with Gasteiger partial charge in [-0.05, 0) is 87.0 Å². The van der Waals surface area contributed by atoms with Crippen LogP contribution in [0.2, 0.25) is 0 Å². The van der Waals surface area contributed by atoms with E-state index in [4.69, 9.17) is 0 Å². The second-order valence-electron chi connectivity index (χ2n) is 9.72. The minimum atomic E-state index is -3.60. The van der Waals surface area contributed by atoms with Crippen LogP contribution in [-0.4, -0.2) is 52.6 Å². The number of amides is 1. The van der Waals surface area contributed by atoms with E-state index in [2.05, 4.69) is 20.9 Å². The number of fused-ring (bicyclic) bond motifs is 1. The van der Waals surface area contributed by atoms with Gasteiger partial charge in [0.2, 0.25) is 15.7 Å². The summed E-state index contributed by atoms with van der Waals surface area (Å²) in [4.78, 5) is 15.5. The number of rotatable bonds is 6. The second-order valence-corrected chi connectivity index (χ2v) is 11.7. The van der Waals surface area contributed by atoms with Gasteiger partial charge in [0, 0.05) is 31.4 Å². The standard InChI is InChI=1S/C26H34N4O3S/c31-26(25-15-20-18-27-12-11-24(20)29-25)28-17-19-7-9-22(10-8-19)34(32,33)23-6-4-5-21(16-23)30-13-2-1-3-14-30/h4-10,16,20,24-25,27,29H,1-3,11-15,17-18H2,(H,28,31). The first-order valence-corrected chi connectivity index (χ1v) is 13.9. The highest BCUT2D eigenvalue weighted by atomic mass is 32.2. The molecule has 3 aliphatic heterocycles. The maximum Gasteiger partial charge on any atom is 0.237 e. The monoisotopic (exact) mass is 482 g/mol. The summed E-state index contributed by atoms with van der Waals surface area (Å²) in [6.45, 7) is 4.30. The SMILES string of the molecule is O=C(NCc1ccc(S(=O)(=O)c2cccc(N3CCCCC3)c2)cc1)C1CC2CNCCC2N1. The van der Waals surface area contributed by atoms with Gasteiger partial charge in [0.25, 0.3) is 0 Å². The maximum atomic E-state index is 13.2. The maximum absolute atomic E-state index is 13.2. The van der Waals surface area contributed by atoms with Crippen LogP contribution in [0.1, 0.15) is 37.7 Å². The van der Waals surface area contributed by atoms with Gasteiger partial charge in [-0.15, -0.1) is 0 Å². The number of carbonyl (C=O) groups is 1. The summed E-state index contributed by atoms with van der Waals surface area (Å²) in [5.74, 6) is 0.531. The van der Waals surface area contributed by atoms with Crippen LogP contribution >= 0.6 is 0 Å². The molecule has 0 bridgehead atoms. The molecule has 3 unspecified atom stereocenters. The highest BCUT2D eigenvalue weighted by Crippen LogP contribution is 2.27. The summed E-state index contributed by atoms with van der Waals surface area (Å²) in [7, 11) is -3.60. The molecule has 0 aliphatic carbocycles. The topological polar surface area (TPSA) is 90.5 Å². The Hall–Kier alpha value is -2.42. The number of hydrogen-bond donors (Lipinski definition) is 3. The Kier molecular flexibility index (Phi) is 6.90. The van der Waals surface area contributed by atoms with Gasteiger partial charge < -0.3 is 20.9 Å². The van der Waals surface area contributed by atoms with E-state index in [0.29, 0.717) is 23.4 Å². The van der Waals surface area contributed by atoms with Crippen LogP contribution in [0.25, 0.3) is 0 Å². The molecule has 2 aromatic rings. The molecular weight excluding hydrogens is 448 g/mol. The molecular formula is C26H34N4O3S. The largest absolute Gasteiger partial charge is 0.372 e. The van der Waals surface area contributed by atoms with Gasteiger partial charge in [-0.2, -0.15) is 0 Å². The van der Waals surface area contributed by atoms with Crippen molar-refractivity contribution in [1.29, 1.82) is 0 Å². The quantitative estimate of drug-likeness (QED) is 0.586. The molecule has 3 saturated heterocycles. The van der Waals surface area contributed by atoms with E-state index in [9.17, 15) is 13.2 Å². The van der Waals surface area contributed by atoms with Gasteiger partial charge in [-0.1, -0.05) is 18.2 Å². The molecule has 0 aromatic heterocycles. The van der Waals surface area contributed by atoms with Crippen molar-refractivity contribution in [2.24, 2.45) is 5.92 Å². The molecule has 182 valence electrons. The molecule has 0 radical (unpaired) electrons. The van der Waals surface area contributed by atoms with E-state index in [0.717, 1.165) is 63.1 Å². The second kappa shape index (κ2) is 10.1. The van der Waals surface area contributed by atoms with Crippen molar-refractivity contribution in [2.75, 3.05) is 31.1 Å². The van der Waals surface area contributed by atoms with Crippen molar-refractivity contribution in [3.8, 4) is 0 Å². The first-order chi connectivity index (χ1) is 16.5. The Balaban J connectivity index is 1.21. The molecule has 7 nitrogen and oxygen atoms in total. The Morgan fingerprint density at radius 2 is 1.82 bits per heavy atom. The third kappa shape index (κ3) is 4.99. The van der Waals surface area contributed by atoms with E-state index in [1.165, 1.54) is 6.42 Å². The predicted octanol–water partition coefficient (Wildman–Crippen LogP) is 2.47. The Bertz CT molecular complexity index is 1100.